The highest BCUT2D eigenvalue weighted by atomic mass is 19.3. The molecule has 1 aromatic rings. The molecule has 0 heterocycles. The number of nitrogens with one attached hydrogen (secondary N) is 1. The molecular weight excluding hydrogens is 306 g/mol. The van der Waals surface area contributed by atoms with Gasteiger partial charge in [-0.3, -0.25) is 14.5 Å². The summed E-state index contributed by atoms with van der Waals surface area (Å²) in [4.78, 5) is 24.7. The molecule has 1 aromatic carbocycles. The minimum atomic E-state index is -2.61. The molecule has 0 aromatic heterocycles. The van der Waals surface area contributed by atoms with Gasteiger partial charge < -0.3 is 10.4 Å². The maximum Gasteiger partial charge on any atom is 0.317 e. The molecule has 7 heteroatoms. The van der Waals surface area contributed by atoms with Gasteiger partial charge in [-0.2, -0.15) is 0 Å². The van der Waals surface area contributed by atoms with E-state index in [2.05, 4.69) is 5.32 Å². The summed E-state index contributed by atoms with van der Waals surface area (Å²) >= 11 is 0. The van der Waals surface area contributed by atoms with Crippen LogP contribution in [-0.2, 0) is 4.79 Å². The van der Waals surface area contributed by atoms with E-state index in [1.165, 1.54) is 24.3 Å². The number of carboxylic acid groups (broad SMARTS) is 1. The first-order valence-corrected chi connectivity index (χ1v) is 7.55. The third kappa shape index (κ3) is 4.48. The molecule has 1 saturated carbocycles. The predicted octanol–water partition coefficient (Wildman–Crippen LogP) is 2.29. The Labute approximate surface area is 133 Å². The van der Waals surface area contributed by atoms with Crippen LogP contribution >= 0.6 is 0 Å². The standard InChI is InChI=1S/C16H20F2N2O3/c1-2-20(9-14(21)22)13-7-12(8-13)19-16(23)11-5-3-4-10(6-11)15(17)18/h3-6,12-13,15H,2,7-9H2,1H3,(H,19,23)(H,21,22). The highest BCUT2D eigenvalue weighted by molar-refractivity contribution is 5.94. The Bertz CT molecular complexity index is 574. The van der Waals surface area contributed by atoms with Crippen LogP contribution in [0.1, 0.15) is 42.1 Å². The van der Waals surface area contributed by atoms with E-state index >= 15 is 0 Å². The van der Waals surface area contributed by atoms with Gasteiger partial charge in [0.05, 0.1) is 6.54 Å². The van der Waals surface area contributed by atoms with Crippen molar-refractivity contribution < 1.29 is 23.5 Å². The molecule has 0 saturated heterocycles. The topological polar surface area (TPSA) is 69.6 Å². The highest BCUT2D eigenvalue weighted by Crippen LogP contribution is 2.26. The maximum absolute atomic E-state index is 12.6. The number of rotatable bonds is 7. The first-order valence-electron chi connectivity index (χ1n) is 7.55. The Balaban J connectivity index is 1.86. The van der Waals surface area contributed by atoms with Crippen LogP contribution in [0.4, 0.5) is 8.78 Å². The van der Waals surface area contributed by atoms with E-state index in [-0.39, 0.29) is 35.7 Å². The Morgan fingerprint density at radius 1 is 1.39 bits per heavy atom. The number of amides is 1. The quantitative estimate of drug-likeness (QED) is 0.807. The zero-order chi connectivity index (χ0) is 17.0. The van der Waals surface area contributed by atoms with Gasteiger partial charge in [0.15, 0.2) is 0 Å². The van der Waals surface area contributed by atoms with Crippen molar-refractivity contribution in [2.45, 2.75) is 38.3 Å². The molecule has 1 amide bonds. The van der Waals surface area contributed by atoms with Crippen LogP contribution in [-0.4, -0.2) is 47.1 Å². The van der Waals surface area contributed by atoms with Crippen LogP contribution in [0, 0.1) is 0 Å². The van der Waals surface area contributed by atoms with Gasteiger partial charge in [0.1, 0.15) is 0 Å². The number of carbonyl (C=O) groups is 2. The molecule has 126 valence electrons. The molecule has 23 heavy (non-hydrogen) atoms. The number of likely N-dealkylation sites (N-methyl/N-ethyl adjacent to an activating group) is 1. The summed E-state index contributed by atoms with van der Waals surface area (Å²) < 4.78 is 25.3. The average Bonchev–Trinajstić information content (AvgIpc) is 2.48. The molecule has 0 unspecified atom stereocenters. The van der Waals surface area contributed by atoms with Gasteiger partial charge in [0.2, 0.25) is 0 Å². The van der Waals surface area contributed by atoms with Gasteiger partial charge in [0, 0.05) is 23.2 Å². The van der Waals surface area contributed by atoms with Crippen LogP contribution in [0.25, 0.3) is 0 Å². The van der Waals surface area contributed by atoms with E-state index in [4.69, 9.17) is 5.11 Å². The minimum absolute atomic E-state index is 0.0156. The summed E-state index contributed by atoms with van der Waals surface area (Å²) in [5, 5.41) is 11.6. The van der Waals surface area contributed by atoms with Crippen LogP contribution in [0.3, 0.4) is 0 Å². The van der Waals surface area contributed by atoms with Crippen molar-refractivity contribution in [1.82, 2.24) is 10.2 Å². The smallest absolute Gasteiger partial charge is 0.317 e. The number of aliphatic carboxylic acids is 1. The van der Waals surface area contributed by atoms with E-state index in [0.29, 0.717) is 19.4 Å². The Hall–Kier alpha value is -2.02. The van der Waals surface area contributed by atoms with E-state index in [1.807, 2.05) is 11.8 Å². The monoisotopic (exact) mass is 326 g/mol. The summed E-state index contributed by atoms with van der Waals surface area (Å²) in [5.41, 5.74) is 0.0342. The summed E-state index contributed by atoms with van der Waals surface area (Å²) in [6.45, 7) is 2.51. The fourth-order valence-electron chi connectivity index (χ4n) is 2.76. The molecule has 2 rings (SSSR count). The minimum Gasteiger partial charge on any atom is -0.480 e. The SMILES string of the molecule is CCN(CC(=O)O)C1CC(NC(=O)c2cccc(C(F)F)c2)C1. The first-order chi connectivity index (χ1) is 10.9. The second kappa shape index (κ2) is 7.50. The van der Waals surface area contributed by atoms with Gasteiger partial charge in [-0.1, -0.05) is 19.1 Å². The molecule has 0 aliphatic heterocycles. The zero-order valence-electron chi connectivity index (χ0n) is 12.8. The lowest BCUT2D eigenvalue weighted by Crippen LogP contribution is -2.54. The van der Waals surface area contributed by atoms with Crippen molar-refractivity contribution in [3.05, 3.63) is 35.4 Å². The number of carboxylic acids is 1. The third-order valence-electron chi connectivity index (χ3n) is 4.11. The Kier molecular flexibility index (Phi) is 5.65. The molecule has 1 aliphatic carbocycles. The van der Waals surface area contributed by atoms with E-state index in [9.17, 15) is 18.4 Å². The van der Waals surface area contributed by atoms with Crippen molar-refractivity contribution >= 4 is 11.9 Å². The van der Waals surface area contributed by atoms with Crippen molar-refractivity contribution in [2.24, 2.45) is 0 Å². The van der Waals surface area contributed by atoms with Gasteiger partial charge in [-0.25, -0.2) is 8.78 Å². The predicted molar refractivity (Wildman–Crippen MR) is 80.6 cm³/mol. The average molecular weight is 326 g/mol. The number of alkyl halides is 2. The fourth-order valence-corrected chi connectivity index (χ4v) is 2.76. The Morgan fingerprint density at radius 3 is 2.65 bits per heavy atom. The van der Waals surface area contributed by atoms with Gasteiger partial charge >= 0.3 is 5.97 Å². The van der Waals surface area contributed by atoms with E-state index in [0.717, 1.165) is 0 Å². The number of carbonyl (C=O) groups excluding carboxylic acids is 1. The second-order valence-corrected chi connectivity index (χ2v) is 5.68. The number of hydrogen-bond donors (Lipinski definition) is 2. The molecule has 5 nitrogen and oxygen atoms in total. The summed E-state index contributed by atoms with van der Waals surface area (Å²) in [6, 6.07) is 5.50. The lowest BCUT2D eigenvalue weighted by atomic mass is 9.85. The number of nitrogens with zero attached hydrogens (tertiary/aromatic N) is 1. The molecule has 0 atom stereocenters. The van der Waals surface area contributed by atoms with E-state index in [1.54, 1.807) is 0 Å². The highest BCUT2D eigenvalue weighted by Gasteiger charge is 2.34. The van der Waals surface area contributed by atoms with Crippen molar-refractivity contribution in [3.63, 3.8) is 0 Å². The van der Waals surface area contributed by atoms with Crippen LogP contribution in [0.15, 0.2) is 24.3 Å². The third-order valence-corrected chi connectivity index (χ3v) is 4.11. The fraction of sp³-hybridized carbons (Fsp3) is 0.500. The number of hydrogen-bond acceptors (Lipinski definition) is 3. The molecule has 2 N–H and O–H groups in total. The lowest BCUT2D eigenvalue weighted by Gasteiger charge is -2.42. The largest absolute Gasteiger partial charge is 0.480 e. The van der Waals surface area contributed by atoms with Crippen molar-refractivity contribution in [2.75, 3.05) is 13.1 Å². The first kappa shape index (κ1) is 17.3. The van der Waals surface area contributed by atoms with Gasteiger partial charge in [-0.05, 0) is 31.5 Å². The zero-order valence-corrected chi connectivity index (χ0v) is 12.8. The molecule has 1 aliphatic rings. The van der Waals surface area contributed by atoms with Gasteiger partial charge in [-0.15, -0.1) is 0 Å². The van der Waals surface area contributed by atoms with Crippen LogP contribution in [0.2, 0.25) is 0 Å². The molecule has 0 radical (unpaired) electrons. The molecular formula is C16H20F2N2O3. The normalized spacial score (nSPS) is 20.4. The number of halogens is 2. The Morgan fingerprint density at radius 2 is 2.09 bits per heavy atom. The lowest BCUT2D eigenvalue weighted by molar-refractivity contribution is -0.139. The molecule has 1 fully saturated rings. The molecule has 0 bridgehead atoms. The summed E-state index contributed by atoms with van der Waals surface area (Å²) in [6.07, 6.45) is -1.27. The van der Waals surface area contributed by atoms with Gasteiger partial charge in [0.25, 0.3) is 12.3 Å². The van der Waals surface area contributed by atoms with Crippen LogP contribution < -0.4 is 5.32 Å². The molecule has 0 spiro atoms. The van der Waals surface area contributed by atoms with Crippen LogP contribution in [0.5, 0.6) is 0 Å². The summed E-state index contributed by atoms with van der Waals surface area (Å²) in [5.74, 6) is -1.25. The van der Waals surface area contributed by atoms with E-state index < -0.39 is 12.4 Å². The second-order valence-electron chi connectivity index (χ2n) is 5.68. The van der Waals surface area contributed by atoms with Crippen molar-refractivity contribution in [1.29, 1.82) is 0 Å². The summed E-state index contributed by atoms with van der Waals surface area (Å²) in [7, 11) is 0. The number of benzene rings is 1. The van der Waals surface area contributed by atoms with Crippen molar-refractivity contribution in [3.8, 4) is 0 Å². The maximum atomic E-state index is 12.6.